The number of aliphatic hydroxyl groups is 6. The third-order valence-electron chi connectivity index (χ3n) is 14.6. The summed E-state index contributed by atoms with van der Waals surface area (Å²) in [6, 6.07) is 0. The van der Waals surface area contributed by atoms with E-state index in [1.54, 1.807) is 13.0 Å². The van der Waals surface area contributed by atoms with Crippen LogP contribution in [0.2, 0.25) is 0 Å². The number of carbonyl (C=O) groups is 2. The molecule has 2 saturated heterocycles. The van der Waals surface area contributed by atoms with Crippen molar-refractivity contribution in [3.8, 4) is 0 Å². The van der Waals surface area contributed by atoms with Crippen molar-refractivity contribution in [2.75, 3.05) is 27.4 Å². The van der Waals surface area contributed by atoms with Crippen molar-refractivity contribution >= 4 is 12.3 Å². The molecule has 15 nitrogen and oxygen atoms in total. The average Bonchev–Trinajstić information content (AvgIpc) is 3.67. The molecule has 294 valence electrons. The lowest BCUT2D eigenvalue weighted by Gasteiger charge is -2.65. The van der Waals surface area contributed by atoms with Crippen LogP contribution in [0.5, 0.6) is 0 Å². The van der Waals surface area contributed by atoms with E-state index in [1.807, 2.05) is 0 Å². The lowest BCUT2D eigenvalue weighted by molar-refractivity contribution is -0.365. The highest BCUT2D eigenvalue weighted by Crippen LogP contribution is 2.70. The Balaban J connectivity index is 1.05. The second-order valence-electron chi connectivity index (χ2n) is 16.6. The standard InChI is InChI=1S/C37H56O15/c1-18-29(52-32-28(43)27(42)26(41)24(15-38)51-32)30(46-3)31(47-4)33(49-18)50-20-5-10-35(17-39)22-6-9-34(2)21(19-13-25(40)48-16-19)8-12-37(34,45)23(22)7-11-36(35,44)14-20/h13,17-18,20-24,26-33,38,41-45H,5-12,14-16H2,1-4H3. The minimum absolute atomic E-state index is 0.0202. The van der Waals surface area contributed by atoms with Crippen LogP contribution in [0.25, 0.3) is 0 Å². The fourth-order valence-corrected chi connectivity index (χ4v) is 11.7. The number of esters is 1. The highest BCUT2D eigenvalue weighted by molar-refractivity contribution is 5.85. The van der Waals surface area contributed by atoms with Gasteiger partial charge < -0.3 is 68.6 Å². The van der Waals surface area contributed by atoms with Crippen molar-refractivity contribution in [3.63, 3.8) is 0 Å². The van der Waals surface area contributed by atoms with Gasteiger partial charge in [-0.05, 0) is 81.6 Å². The molecule has 6 N–H and O–H groups in total. The van der Waals surface area contributed by atoms with Crippen molar-refractivity contribution < 1.29 is 73.4 Å². The first kappa shape index (κ1) is 38.7. The molecule has 52 heavy (non-hydrogen) atoms. The summed E-state index contributed by atoms with van der Waals surface area (Å²) in [6.45, 7) is 3.49. The second-order valence-corrected chi connectivity index (χ2v) is 16.6. The number of hydrogen-bond acceptors (Lipinski definition) is 15. The van der Waals surface area contributed by atoms with Crippen LogP contribution in [0.4, 0.5) is 0 Å². The summed E-state index contributed by atoms with van der Waals surface area (Å²) in [5.41, 5.74) is -3.00. The molecule has 4 saturated carbocycles. The zero-order chi connectivity index (χ0) is 37.4. The first-order valence-corrected chi connectivity index (χ1v) is 18.8. The van der Waals surface area contributed by atoms with Crippen LogP contribution in [0.3, 0.4) is 0 Å². The van der Waals surface area contributed by atoms with Gasteiger partial charge in [0.15, 0.2) is 12.6 Å². The maximum absolute atomic E-state index is 13.3. The van der Waals surface area contributed by atoms with Gasteiger partial charge in [-0.1, -0.05) is 6.92 Å². The zero-order valence-corrected chi connectivity index (χ0v) is 30.4. The molecule has 0 amide bonds. The van der Waals surface area contributed by atoms with E-state index >= 15 is 0 Å². The topological polar surface area (TPSA) is 220 Å². The number of rotatable bonds is 9. The summed E-state index contributed by atoms with van der Waals surface area (Å²) < 4.78 is 41.3. The molecule has 18 atom stereocenters. The molecular weight excluding hydrogens is 684 g/mol. The molecule has 0 aromatic rings. The van der Waals surface area contributed by atoms with Gasteiger partial charge in [0, 0.05) is 32.1 Å². The summed E-state index contributed by atoms with van der Waals surface area (Å²) >= 11 is 0. The smallest absolute Gasteiger partial charge is 0.331 e. The Morgan fingerprint density at radius 1 is 0.865 bits per heavy atom. The number of hydrogen-bond donors (Lipinski definition) is 6. The van der Waals surface area contributed by atoms with Crippen LogP contribution < -0.4 is 0 Å². The van der Waals surface area contributed by atoms with E-state index in [2.05, 4.69) is 6.92 Å². The zero-order valence-electron chi connectivity index (χ0n) is 30.4. The molecule has 0 spiro atoms. The highest BCUT2D eigenvalue weighted by Gasteiger charge is 2.71. The maximum atomic E-state index is 13.3. The highest BCUT2D eigenvalue weighted by atomic mass is 16.7. The monoisotopic (exact) mass is 740 g/mol. The molecule has 7 aliphatic rings. The lowest BCUT2D eigenvalue weighted by atomic mass is 9.41. The molecule has 6 fully saturated rings. The van der Waals surface area contributed by atoms with Crippen LogP contribution in [-0.4, -0.2) is 149 Å². The van der Waals surface area contributed by atoms with Crippen molar-refractivity contribution in [1.82, 2.24) is 0 Å². The maximum Gasteiger partial charge on any atom is 0.331 e. The molecule has 18 unspecified atom stereocenters. The fraction of sp³-hybridized carbons (Fsp3) is 0.892. The third-order valence-corrected chi connectivity index (χ3v) is 14.6. The Morgan fingerprint density at radius 3 is 2.25 bits per heavy atom. The van der Waals surface area contributed by atoms with Crippen molar-refractivity contribution in [2.45, 2.75) is 150 Å². The van der Waals surface area contributed by atoms with Crippen LogP contribution in [0.1, 0.15) is 71.6 Å². The minimum Gasteiger partial charge on any atom is -0.458 e. The summed E-state index contributed by atoms with van der Waals surface area (Å²) in [6.07, 6.45) is -4.97. The molecule has 0 bridgehead atoms. The van der Waals surface area contributed by atoms with Gasteiger partial charge in [0.2, 0.25) is 0 Å². The van der Waals surface area contributed by atoms with Gasteiger partial charge in [-0.25, -0.2) is 4.79 Å². The van der Waals surface area contributed by atoms with Gasteiger partial charge in [0.25, 0.3) is 0 Å². The molecule has 0 aromatic carbocycles. The molecule has 0 radical (unpaired) electrons. The lowest BCUT2D eigenvalue weighted by Crippen LogP contribution is -2.69. The number of fused-ring (bicyclic) bond motifs is 5. The molecule has 15 heteroatoms. The van der Waals surface area contributed by atoms with Gasteiger partial charge in [0.1, 0.15) is 55.6 Å². The van der Waals surface area contributed by atoms with E-state index in [0.29, 0.717) is 44.9 Å². The summed E-state index contributed by atoms with van der Waals surface area (Å²) in [4.78, 5) is 25.2. The number of cyclic esters (lactones) is 1. The van der Waals surface area contributed by atoms with E-state index in [0.717, 1.165) is 18.3 Å². The number of methoxy groups -OCH3 is 2. The van der Waals surface area contributed by atoms with Gasteiger partial charge in [-0.3, -0.25) is 0 Å². The molecule has 0 aromatic heterocycles. The number of carbonyl (C=O) groups excluding carboxylic acids is 2. The van der Waals surface area contributed by atoms with E-state index < -0.39 is 96.2 Å². The summed E-state index contributed by atoms with van der Waals surface area (Å²) in [5.74, 6) is -0.714. The second kappa shape index (κ2) is 14.2. The number of aldehydes is 1. The van der Waals surface area contributed by atoms with E-state index in [-0.39, 0.29) is 36.8 Å². The minimum atomic E-state index is -1.62. The largest absolute Gasteiger partial charge is 0.458 e. The molecule has 7 rings (SSSR count). The Kier molecular flexibility index (Phi) is 10.5. The SMILES string of the molecule is COC1C(OC2CCC3(C=O)C4CCC5(C)C(C6=CC(=O)OC6)CCC5(O)C4CCC3(O)C2)OC(C)C(OC2OC(CO)C(O)C(O)C2O)C1OC. The van der Waals surface area contributed by atoms with Crippen LogP contribution in [0, 0.1) is 28.6 Å². The molecule has 3 heterocycles. The van der Waals surface area contributed by atoms with Gasteiger partial charge in [-0.15, -0.1) is 0 Å². The van der Waals surface area contributed by atoms with Crippen LogP contribution >= 0.6 is 0 Å². The predicted octanol–water partition coefficient (Wildman–Crippen LogP) is -0.118. The number of aliphatic hydroxyl groups excluding tert-OH is 4. The molecule has 4 aliphatic carbocycles. The molecular formula is C37H56O15. The quantitative estimate of drug-likeness (QED) is 0.103. The first-order valence-electron chi connectivity index (χ1n) is 18.8. The van der Waals surface area contributed by atoms with E-state index in [4.69, 9.17) is 33.2 Å². The van der Waals surface area contributed by atoms with Crippen molar-refractivity contribution in [1.29, 1.82) is 0 Å². The Bertz CT molecular complexity index is 1380. The summed E-state index contributed by atoms with van der Waals surface area (Å²) in [7, 11) is 2.93. The normalized spacial score (nSPS) is 53.3. The number of ether oxygens (including phenoxy) is 7. The Morgan fingerprint density at radius 2 is 1.60 bits per heavy atom. The summed E-state index contributed by atoms with van der Waals surface area (Å²) in [5, 5.41) is 65.7. The van der Waals surface area contributed by atoms with Crippen LogP contribution in [-0.2, 0) is 42.7 Å². The van der Waals surface area contributed by atoms with Gasteiger partial charge >= 0.3 is 5.97 Å². The Labute approximate surface area is 303 Å². The van der Waals surface area contributed by atoms with E-state index in [1.165, 1.54) is 14.2 Å². The van der Waals surface area contributed by atoms with Crippen LogP contribution in [0.15, 0.2) is 11.6 Å². The predicted molar refractivity (Wildman–Crippen MR) is 177 cm³/mol. The van der Waals surface area contributed by atoms with Gasteiger partial charge in [0.05, 0.1) is 35.4 Å². The van der Waals surface area contributed by atoms with Crippen molar-refractivity contribution in [3.05, 3.63) is 11.6 Å². The molecule has 3 aliphatic heterocycles. The van der Waals surface area contributed by atoms with Gasteiger partial charge in [-0.2, -0.15) is 0 Å². The average molecular weight is 741 g/mol. The van der Waals surface area contributed by atoms with E-state index in [9.17, 15) is 40.2 Å². The fourth-order valence-electron chi connectivity index (χ4n) is 11.7. The van der Waals surface area contributed by atoms with Crippen molar-refractivity contribution in [2.24, 2.45) is 28.6 Å². The third kappa shape index (κ3) is 5.76. The Hall–Kier alpha value is -1.60. The first-order chi connectivity index (χ1) is 24.7.